The van der Waals surface area contributed by atoms with Crippen molar-refractivity contribution in [3.8, 4) is 12.3 Å². The molecule has 0 aliphatic heterocycles. The molecule has 1 aromatic rings. The van der Waals surface area contributed by atoms with Crippen LogP contribution in [-0.2, 0) is 4.74 Å². The van der Waals surface area contributed by atoms with Gasteiger partial charge in [0, 0.05) is 6.61 Å². The normalized spacial score (nSPS) is 14.4. The molecule has 0 spiro atoms. The molecule has 74 valence electrons. The van der Waals surface area contributed by atoms with Crippen LogP contribution in [0, 0.1) is 12.3 Å². The zero-order valence-electron chi connectivity index (χ0n) is 8.18. The fourth-order valence-electron chi connectivity index (χ4n) is 1.23. The zero-order chi connectivity index (χ0) is 10.4. The Morgan fingerprint density at radius 3 is 2.57 bits per heavy atom. The molecule has 2 heteroatoms. The van der Waals surface area contributed by atoms with Crippen LogP contribution in [0.3, 0.4) is 0 Å². The lowest BCUT2D eigenvalue weighted by atomic mass is 10.1. The SMILES string of the molecule is C#C[C@H](OCC)[C@@H](O)c1ccccc1. The number of rotatable bonds is 4. The Balaban J connectivity index is 2.74. The van der Waals surface area contributed by atoms with Crippen LogP contribution in [0.2, 0.25) is 0 Å². The number of hydrogen-bond donors (Lipinski definition) is 1. The molecule has 14 heavy (non-hydrogen) atoms. The van der Waals surface area contributed by atoms with Crippen LogP contribution >= 0.6 is 0 Å². The molecule has 0 radical (unpaired) electrons. The molecular formula is C12H14O2. The summed E-state index contributed by atoms with van der Waals surface area (Å²) in [4.78, 5) is 0. The minimum Gasteiger partial charge on any atom is -0.385 e. The predicted molar refractivity (Wildman–Crippen MR) is 55.6 cm³/mol. The molecule has 0 saturated heterocycles. The lowest BCUT2D eigenvalue weighted by Gasteiger charge is -2.17. The monoisotopic (exact) mass is 190 g/mol. The van der Waals surface area contributed by atoms with Crippen molar-refractivity contribution in [2.24, 2.45) is 0 Å². The van der Waals surface area contributed by atoms with E-state index >= 15 is 0 Å². The van der Waals surface area contributed by atoms with Gasteiger partial charge >= 0.3 is 0 Å². The molecule has 1 aromatic carbocycles. The van der Waals surface area contributed by atoms with E-state index in [0.29, 0.717) is 6.61 Å². The van der Waals surface area contributed by atoms with Crippen LogP contribution in [0.1, 0.15) is 18.6 Å². The predicted octanol–water partition coefficient (Wildman–Crippen LogP) is 1.76. The summed E-state index contributed by atoms with van der Waals surface area (Å²) in [7, 11) is 0. The maximum Gasteiger partial charge on any atom is 0.147 e. The van der Waals surface area contributed by atoms with Crippen molar-refractivity contribution in [3.05, 3.63) is 35.9 Å². The number of aliphatic hydroxyl groups is 1. The average Bonchev–Trinajstić information content (AvgIpc) is 2.26. The molecule has 1 N–H and O–H groups in total. The van der Waals surface area contributed by atoms with Crippen LogP contribution in [-0.4, -0.2) is 17.8 Å². The molecule has 0 bridgehead atoms. The summed E-state index contributed by atoms with van der Waals surface area (Å²) in [5.74, 6) is 2.43. The highest BCUT2D eigenvalue weighted by Gasteiger charge is 2.18. The molecule has 2 nitrogen and oxygen atoms in total. The van der Waals surface area contributed by atoms with Crippen LogP contribution in [0.15, 0.2) is 30.3 Å². The Morgan fingerprint density at radius 1 is 1.43 bits per heavy atom. The largest absolute Gasteiger partial charge is 0.385 e. The van der Waals surface area contributed by atoms with Crippen molar-refractivity contribution in [1.82, 2.24) is 0 Å². The van der Waals surface area contributed by atoms with Crippen molar-refractivity contribution < 1.29 is 9.84 Å². The van der Waals surface area contributed by atoms with Crippen molar-refractivity contribution in [1.29, 1.82) is 0 Å². The second-order valence-corrected chi connectivity index (χ2v) is 2.90. The average molecular weight is 190 g/mol. The molecule has 2 atom stereocenters. The smallest absolute Gasteiger partial charge is 0.147 e. The molecule has 0 fully saturated rings. The van der Waals surface area contributed by atoms with Gasteiger partial charge in [0.15, 0.2) is 0 Å². The van der Waals surface area contributed by atoms with Gasteiger partial charge in [0.25, 0.3) is 0 Å². The summed E-state index contributed by atoms with van der Waals surface area (Å²) in [6, 6.07) is 9.26. The standard InChI is InChI=1S/C12H14O2/c1-3-11(14-4-2)12(13)10-8-6-5-7-9-10/h1,5-9,11-13H,4H2,2H3/t11-,12-/m0/s1. The van der Waals surface area contributed by atoms with Gasteiger partial charge in [-0.15, -0.1) is 6.42 Å². The van der Waals surface area contributed by atoms with E-state index in [-0.39, 0.29) is 0 Å². The van der Waals surface area contributed by atoms with E-state index in [0.717, 1.165) is 5.56 Å². The van der Waals surface area contributed by atoms with E-state index in [1.807, 2.05) is 37.3 Å². The first-order chi connectivity index (χ1) is 6.79. The molecule has 0 amide bonds. The minimum absolute atomic E-state index is 0.499. The van der Waals surface area contributed by atoms with Crippen LogP contribution in [0.25, 0.3) is 0 Å². The first-order valence-electron chi connectivity index (χ1n) is 4.60. The highest BCUT2D eigenvalue weighted by atomic mass is 16.5. The summed E-state index contributed by atoms with van der Waals surface area (Å²) in [6.45, 7) is 2.35. The van der Waals surface area contributed by atoms with Gasteiger partial charge < -0.3 is 9.84 Å². The third-order valence-electron chi connectivity index (χ3n) is 1.94. The Kier molecular flexibility index (Phi) is 4.18. The first-order valence-corrected chi connectivity index (χ1v) is 4.60. The quantitative estimate of drug-likeness (QED) is 0.733. The minimum atomic E-state index is -0.749. The highest BCUT2D eigenvalue weighted by Crippen LogP contribution is 2.18. The number of terminal acetylenes is 1. The van der Waals surface area contributed by atoms with Gasteiger partial charge in [0.2, 0.25) is 0 Å². The Morgan fingerprint density at radius 2 is 2.07 bits per heavy atom. The molecule has 1 rings (SSSR count). The first kappa shape index (κ1) is 10.8. The van der Waals surface area contributed by atoms with Gasteiger partial charge in [-0.25, -0.2) is 0 Å². The summed E-state index contributed by atoms with van der Waals surface area (Å²) in [5.41, 5.74) is 0.781. The van der Waals surface area contributed by atoms with Crippen molar-refractivity contribution in [2.75, 3.05) is 6.61 Å². The lowest BCUT2D eigenvalue weighted by Crippen LogP contribution is -2.20. The van der Waals surface area contributed by atoms with Crippen molar-refractivity contribution >= 4 is 0 Å². The van der Waals surface area contributed by atoms with E-state index in [1.165, 1.54) is 0 Å². The number of aliphatic hydroxyl groups excluding tert-OH is 1. The summed E-state index contributed by atoms with van der Waals surface area (Å²) in [5, 5.41) is 9.84. The third kappa shape index (κ3) is 2.59. The summed E-state index contributed by atoms with van der Waals surface area (Å²) >= 11 is 0. The molecule has 0 unspecified atom stereocenters. The van der Waals surface area contributed by atoms with Crippen LogP contribution < -0.4 is 0 Å². The van der Waals surface area contributed by atoms with Gasteiger partial charge in [0.1, 0.15) is 12.2 Å². The van der Waals surface area contributed by atoms with Gasteiger partial charge in [0.05, 0.1) is 0 Å². The van der Waals surface area contributed by atoms with Gasteiger partial charge in [-0.05, 0) is 12.5 Å². The molecular weight excluding hydrogens is 176 g/mol. The van der Waals surface area contributed by atoms with E-state index in [4.69, 9.17) is 11.2 Å². The second kappa shape index (κ2) is 5.43. The van der Waals surface area contributed by atoms with E-state index in [1.54, 1.807) is 0 Å². The fourth-order valence-corrected chi connectivity index (χ4v) is 1.23. The van der Waals surface area contributed by atoms with E-state index in [9.17, 15) is 5.11 Å². The molecule has 0 heterocycles. The third-order valence-corrected chi connectivity index (χ3v) is 1.94. The van der Waals surface area contributed by atoms with E-state index in [2.05, 4.69) is 5.92 Å². The van der Waals surface area contributed by atoms with Gasteiger partial charge in [-0.3, -0.25) is 0 Å². The second-order valence-electron chi connectivity index (χ2n) is 2.90. The molecule has 0 aromatic heterocycles. The highest BCUT2D eigenvalue weighted by molar-refractivity contribution is 5.21. The van der Waals surface area contributed by atoms with Gasteiger partial charge in [-0.2, -0.15) is 0 Å². The molecule has 0 aliphatic rings. The summed E-state index contributed by atoms with van der Waals surface area (Å²) in [6.07, 6.45) is 3.95. The van der Waals surface area contributed by atoms with Crippen LogP contribution in [0.5, 0.6) is 0 Å². The number of ether oxygens (including phenoxy) is 1. The molecule has 0 saturated carbocycles. The van der Waals surface area contributed by atoms with E-state index < -0.39 is 12.2 Å². The van der Waals surface area contributed by atoms with Crippen molar-refractivity contribution in [2.45, 2.75) is 19.1 Å². The Labute approximate surface area is 84.5 Å². The number of benzene rings is 1. The van der Waals surface area contributed by atoms with Crippen molar-refractivity contribution in [3.63, 3.8) is 0 Å². The zero-order valence-corrected chi connectivity index (χ0v) is 8.18. The molecule has 0 aliphatic carbocycles. The topological polar surface area (TPSA) is 29.5 Å². The maximum absolute atomic E-state index is 9.84. The Bertz CT molecular complexity index is 300. The Hall–Kier alpha value is -1.30. The van der Waals surface area contributed by atoms with Crippen LogP contribution in [0.4, 0.5) is 0 Å². The fraction of sp³-hybridized carbons (Fsp3) is 0.333. The van der Waals surface area contributed by atoms with Gasteiger partial charge in [-0.1, -0.05) is 36.3 Å². The summed E-state index contributed by atoms with van der Waals surface area (Å²) < 4.78 is 5.22. The lowest BCUT2D eigenvalue weighted by molar-refractivity contribution is -0.0000979. The number of hydrogen-bond acceptors (Lipinski definition) is 2. The maximum atomic E-state index is 9.84.